The highest BCUT2D eigenvalue weighted by atomic mass is 32.2. The molecule has 2 aromatic rings. The molecule has 0 amide bonds. The van der Waals surface area contributed by atoms with Gasteiger partial charge in [0.25, 0.3) is 0 Å². The van der Waals surface area contributed by atoms with Crippen molar-refractivity contribution in [1.82, 2.24) is 9.62 Å². The van der Waals surface area contributed by atoms with E-state index in [1.165, 1.54) is 12.1 Å². The monoisotopic (exact) mass is 450 g/mol. The summed E-state index contributed by atoms with van der Waals surface area (Å²) in [5.74, 6) is 1.29. The molecule has 0 aliphatic rings. The first-order valence-electron chi connectivity index (χ1n) is 10.7. The summed E-state index contributed by atoms with van der Waals surface area (Å²) in [6.45, 7) is 11.2. The molecule has 2 aromatic carbocycles. The van der Waals surface area contributed by atoms with Crippen molar-refractivity contribution >= 4 is 10.0 Å². The SMILES string of the molecule is CCOCCOc1ccc(S(=O)(=O)NCc2ccccc2OCCN(CC)CC)cc1. The molecule has 172 valence electrons. The number of para-hydroxylation sites is 1. The zero-order valence-corrected chi connectivity index (χ0v) is 19.5. The van der Waals surface area contributed by atoms with Crippen LogP contribution in [0.25, 0.3) is 0 Å². The first kappa shape index (κ1) is 25.1. The molecular weight excluding hydrogens is 416 g/mol. The molecule has 0 radical (unpaired) electrons. The van der Waals surface area contributed by atoms with E-state index in [1.54, 1.807) is 12.1 Å². The quantitative estimate of drug-likeness (QED) is 0.420. The topological polar surface area (TPSA) is 77.1 Å². The second kappa shape index (κ2) is 13.3. The minimum Gasteiger partial charge on any atom is -0.492 e. The van der Waals surface area contributed by atoms with Gasteiger partial charge in [0.05, 0.1) is 11.5 Å². The molecule has 0 bridgehead atoms. The second-order valence-corrected chi connectivity index (χ2v) is 8.59. The van der Waals surface area contributed by atoms with Gasteiger partial charge in [-0.3, -0.25) is 0 Å². The fourth-order valence-electron chi connectivity index (χ4n) is 2.95. The first-order valence-corrected chi connectivity index (χ1v) is 12.2. The summed E-state index contributed by atoms with van der Waals surface area (Å²) in [4.78, 5) is 2.46. The highest BCUT2D eigenvalue weighted by Gasteiger charge is 2.15. The average molecular weight is 451 g/mol. The number of nitrogens with one attached hydrogen (secondary N) is 1. The van der Waals surface area contributed by atoms with Gasteiger partial charge < -0.3 is 19.1 Å². The van der Waals surface area contributed by atoms with E-state index < -0.39 is 10.0 Å². The van der Waals surface area contributed by atoms with Crippen molar-refractivity contribution in [2.24, 2.45) is 0 Å². The number of ether oxygens (including phenoxy) is 3. The largest absolute Gasteiger partial charge is 0.492 e. The maximum Gasteiger partial charge on any atom is 0.240 e. The Hall–Kier alpha value is -2.13. The lowest BCUT2D eigenvalue weighted by Crippen LogP contribution is -2.28. The minimum atomic E-state index is -3.66. The zero-order chi connectivity index (χ0) is 22.5. The number of hydrogen-bond donors (Lipinski definition) is 1. The molecule has 2 rings (SSSR count). The molecule has 0 saturated heterocycles. The van der Waals surface area contributed by atoms with Gasteiger partial charge in [0, 0.05) is 25.3 Å². The van der Waals surface area contributed by atoms with Crippen molar-refractivity contribution in [2.75, 3.05) is 46.1 Å². The molecule has 7 nitrogen and oxygen atoms in total. The van der Waals surface area contributed by atoms with Crippen LogP contribution in [0.15, 0.2) is 53.4 Å². The molecule has 0 fully saturated rings. The summed E-state index contributed by atoms with van der Waals surface area (Å²) in [5.41, 5.74) is 0.793. The van der Waals surface area contributed by atoms with E-state index in [9.17, 15) is 8.42 Å². The summed E-state index contributed by atoms with van der Waals surface area (Å²) in [7, 11) is -3.66. The fraction of sp³-hybridized carbons (Fsp3) is 0.478. The van der Waals surface area contributed by atoms with Crippen LogP contribution < -0.4 is 14.2 Å². The van der Waals surface area contributed by atoms with Gasteiger partial charge >= 0.3 is 0 Å². The molecule has 31 heavy (non-hydrogen) atoms. The van der Waals surface area contributed by atoms with Gasteiger partial charge in [0.15, 0.2) is 0 Å². The molecule has 1 N–H and O–H groups in total. The van der Waals surface area contributed by atoms with Crippen LogP contribution in [0.2, 0.25) is 0 Å². The predicted octanol–water partition coefficient (Wildman–Crippen LogP) is 3.30. The fourth-order valence-corrected chi connectivity index (χ4v) is 3.96. The van der Waals surface area contributed by atoms with E-state index in [0.717, 1.165) is 25.2 Å². The summed E-state index contributed by atoms with van der Waals surface area (Å²) in [6, 6.07) is 13.8. The summed E-state index contributed by atoms with van der Waals surface area (Å²) in [5, 5.41) is 0. The second-order valence-electron chi connectivity index (χ2n) is 6.82. The standard InChI is InChI=1S/C23H34N2O5S/c1-4-25(5-2)15-16-30-23-10-8-7-9-20(23)19-24-31(26,27)22-13-11-21(12-14-22)29-18-17-28-6-3/h7-14,24H,4-6,15-19H2,1-3H3. The molecule has 0 unspecified atom stereocenters. The number of hydrogen-bond acceptors (Lipinski definition) is 6. The van der Waals surface area contributed by atoms with Gasteiger partial charge in [0.1, 0.15) is 24.7 Å². The third kappa shape index (κ3) is 8.49. The van der Waals surface area contributed by atoms with Crippen molar-refractivity contribution < 1.29 is 22.6 Å². The Morgan fingerprint density at radius 2 is 1.58 bits per heavy atom. The highest BCUT2D eigenvalue weighted by molar-refractivity contribution is 7.89. The molecule has 0 aromatic heterocycles. The Labute approximate surface area is 186 Å². The Bertz CT molecular complexity index is 868. The number of benzene rings is 2. The van der Waals surface area contributed by atoms with E-state index in [1.807, 2.05) is 31.2 Å². The minimum absolute atomic E-state index is 0.149. The average Bonchev–Trinajstić information content (AvgIpc) is 2.79. The molecule has 0 atom stereocenters. The number of rotatable bonds is 15. The molecule has 0 aliphatic heterocycles. The summed E-state index contributed by atoms with van der Waals surface area (Å²) in [6.07, 6.45) is 0. The van der Waals surface area contributed by atoms with Gasteiger partial charge in [-0.1, -0.05) is 32.0 Å². The molecule has 0 spiro atoms. The lowest BCUT2D eigenvalue weighted by atomic mass is 10.2. The molecular formula is C23H34N2O5S. The van der Waals surface area contributed by atoms with Gasteiger partial charge in [-0.15, -0.1) is 0 Å². The van der Waals surface area contributed by atoms with Gasteiger partial charge in [0.2, 0.25) is 10.0 Å². The van der Waals surface area contributed by atoms with Crippen molar-refractivity contribution in [3.05, 3.63) is 54.1 Å². The molecule has 8 heteroatoms. The maximum atomic E-state index is 12.7. The van der Waals surface area contributed by atoms with Crippen LogP contribution in [0.1, 0.15) is 26.3 Å². The smallest absolute Gasteiger partial charge is 0.240 e. The van der Waals surface area contributed by atoms with Gasteiger partial charge in [-0.05, 0) is 50.3 Å². The third-order valence-corrected chi connectivity index (χ3v) is 6.24. The normalized spacial score (nSPS) is 11.6. The first-order chi connectivity index (χ1) is 15.0. The van der Waals surface area contributed by atoms with E-state index in [4.69, 9.17) is 14.2 Å². The van der Waals surface area contributed by atoms with Gasteiger partial charge in [-0.2, -0.15) is 0 Å². The van der Waals surface area contributed by atoms with Crippen molar-refractivity contribution in [3.63, 3.8) is 0 Å². The molecule has 0 aliphatic carbocycles. The lowest BCUT2D eigenvalue weighted by molar-refractivity contribution is 0.110. The Morgan fingerprint density at radius 3 is 2.26 bits per heavy atom. The van der Waals surface area contributed by atoms with Crippen molar-refractivity contribution in [2.45, 2.75) is 32.2 Å². The third-order valence-electron chi connectivity index (χ3n) is 4.82. The van der Waals surface area contributed by atoms with E-state index in [2.05, 4.69) is 23.5 Å². The summed E-state index contributed by atoms with van der Waals surface area (Å²) >= 11 is 0. The van der Waals surface area contributed by atoms with Crippen LogP contribution in [-0.2, 0) is 21.3 Å². The van der Waals surface area contributed by atoms with Crippen molar-refractivity contribution in [1.29, 1.82) is 0 Å². The predicted molar refractivity (Wildman–Crippen MR) is 122 cm³/mol. The Kier molecular flexibility index (Phi) is 10.8. The van der Waals surface area contributed by atoms with Crippen LogP contribution >= 0.6 is 0 Å². The van der Waals surface area contributed by atoms with Gasteiger partial charge in [-0.25, -0.2) is 13.1 Å². The van der Waals surface area contributed by atoms with E-state index >= 15 is 0 Å². The van der Waals surface area contributed by atoms with Crippen molar-refractivity contribution in [3.8, 4) is 11.5 Å². The van der Waals surface area contributed by atoms with E-state index in [-0.39, 0.29) is 11.4 Å². The van der Waals surface area contributed by atoms with Crippen LogP contribution in [0.3, 0.4) is 0 Å². The maximum absolute atomic E-state index is 12.7. The number of nitrogens with zero attached hydrogens (tertiary/aromatic N) is 1. The molecule has 0 saturated carbocycles. The Balaban J connectivity index is 1.93. The lowest BCUT2D eigenvalue weighted by Gasteiger charge is -2.19. The van der Waals surface area contributed by atoms with Crippen LogP contribution in [0, 0.1) is 0 Å². The highest BCUT2D eigenvalue weighted by Crippen LogP contribution is 2.20. The van der Waals surface area contributed by atoms with Crippen LogP contribution in [0.4, 0.5) is 0 Å². The number of likely N-dealkylation sites (N-methyl/N-ethyl adjacent to an activating group) is 1. The number of sulfonamides is 1. The van der Waals surface area contributed by atoms with E-state index in [0.29, 0.717) is 37.9 Å². The van der Waals surface area contributed by atoms with Crippen LogP contribution in [-0.4, -0.2) is 59.4 Å². The summed E-state index contributed by atoms with van der Waals surface area (Å²) < 4.78 is 44.7. The van der Waals surface area contributed by atoms with Crippen LogP contribution in [0.5, 0.6) is 11.5 Å². The molecule has 0 heterocycles. The zero-order valence-electron chi connectivity index (χ0n) is 18.7. The Morgan fingerprint density at radius 1 is 0.871 bits per heavy atom.